The second-order valence-electron chi connectivity index (χ2n) is 3.80. The maximum Gasteiger partial charge on any atom is 0.175 e. The number of halogens is 1. The van der Waals surface area contributed by atoms with Gasteiger partial charge in [-0.1, -0.05) is 19.3 Å². The summed E-state index contributed by atoms with van der Waals surface area (Å²) in [4.78, 5) is 12.9. The van der Waals surface area contributed by atoms with Crippen LogP contribution in [0.15, 0.2) is 15.9 Å². The van der Waals surface area contributed by atoms with Crippen molar-refractivity contribution in [1.82, 2.24) is 0 Å². The summed E-state index contributed by atoms with van der Waals surface area (Å²) in [5.74, 6) is 0.662. The van der Waals surface area contributed by atoms with Gasteiger partial charge in [-0.3, -0.25) is 4.79 Å². The fourth-order valence-electron chi connectivity index (χ4n) is 2.01. The van der Waals surface area contributed by atoms with E-state index in [4.69, 9.17) is 0 Å². The zero-order valence-corrected chi connectivity index (χ0v) is 10.4. The smallest absolute Gasteiger partial charge is 0.175 e. The molecule has 0 bridgehead atoms. The van der Waals surface area contributed by atoms with Gasteiger partial charge in [0.1, 0.15) is 0 Å². The van der Waals surface area contributed by atoms with Crippen LogP contribution in [0.1, 0.15) is 41.8 Å². The molecule has 0 atom stereocenters. The Morgan fingerprint density at radius 3 is 2.57 bits per heavy atom. The topological polar surface area (TPSA) is 17.1 Å². The summed E-state index contributed by atoms with van der Waals surface area (Å²) in [5.41, 5.74) is 0. The molecule has 3 heteroatoms. The van der Waals surface area contributed by atoms with Crippen molar-refractivity contribution in [3.63, 3.8) is 0 Å². The van der Waals surface area contributed by atoms with Crippen LogP contribution < -0.4 is 0 Å². The van der Waals surface area contributed by atoms with Crippen LogP contribution >= 0.6 is 27.3 Å². The van der Waals surface area contributed by atoms with Crippen LogP contribution in [-0.2, 0) is 0 Å². The van der Waals surface area contributed by atoms with Crippen molar-refractivity contribution >= 4 is 33.0 Å². The molecule has 1 nitrogen and oxygen atoms in total. The fourth-order valence-corrected chi connectivity index (χ4v) is 3.42. The molecule has 1 aromatic rings. The Balaban J connectivity index is 2.07. The van der Waals surface area contributed by atoms with Crippen LogP contribution in [0.2, 0.25) is 0 Å². The van der Waals surface area contributed by atoms with Gasteiger partial charge in [-0.05, 0) is 40.9 Å². The van der Waals surface area contributed by atoms with Crippen LogP contribution in [0.4, 0.5) is 0 Å². The van der Waals surface area contributed by atoms with Crippen molar-refractivity contribution in [2.75, 3.05) is 0 Å². The van der Waals surface area contributed by atoms with Crippen molar-refractivity contribution in [3.8, 4) is 0 Å². The van der Waals surface area contributed by atoms with Crippen molar-refractivity contribution in [2.24, 2.45) is 5.92 Å². The molecule has 0 unspecified atom stereocenters. The van der Waals surface area contributed by atoms with Gasteiger partial charge in [-0.2, -0.15) is 0 Å². The van der Waals surface area contributed by atoms with E-state index in [1.54, 1.807) is 11.3 Å². The maximum atomic E-state index is 12.0. The van der Waals surface area contributed by atoms with Gasteiger partial charge in [-0.25, -0.2) is 0 Å². The average molecular weight is 273 g/mol. The molecule has 0 radical (unpaired) electrons. The summed E-state index contributed by atoms with van der Waals surface area (Å²) >= 11 is 4.95. The fraction of sp³-hybridized carbons (Fsp3) is 0.545. The second kappa shape index (κ2) is 4.58. The molecule has 1 aromatic heterocycles. The molecule has 0 spiro atoms. The van der Waals surface area contributed by atoms with E-state index in [2.05, 4.69) is 15.9 Å². The summed E-state index contributed by atoms with van der Waals surface area (Å²) in [6, 6.07) is 3.90. The third-order valence-corrected chi connectivity index (χ3v) is 4.43. The first-order valence-electron chi connectivity index (χ1n) is 5.07. The van der Waals surface area contributed by atoms with Crippen molar-refractivity contribution in [1.29, 1.82) is 0 Å². The maximum absolute atomic E-state index is 12.0. The van der Waals surface area contributed by atoms with Gasteiger partial charge < -0.3 is 0 Å². The summed E-state index contributed by atoms with van der Waals surface area (Å²) < 4.78 is 1.05. The van der Waals surface area contributed by atoms with Gasteiger partial charge in [0.25, 0.3) is 0 Å². The highest BCUT2D eigenvalue weighted by molar-refractivity contribution is 9.11. The van der Waals surface area contributed by atoms with Crippen LogP contribution in [0.3, 0.4) is 0 Å². The monoisotopic (exact) mass is 272 g/mol. The quantitative estimate of drug-likeness (QED) is 0.735. The summed E-state index contributed by atoms with van der Waals surface area (Å²) in [7, 11) is 0. The predicted molar refractivity (Wildman–Crippen MR) is 62.9 cm³/mol. The van der Waals surface area contributed by atoms with Gasteiger partial charge in [0, 0.05) is 5.92 Å². The van der Waals surface area contributed by atoms with Crippen LogP contribution in [0.5, 0.6) is 0 Å². The van der Waals surface area contributed by atoms with Gasteiger partial charge in [0.15, 0.2) is 5.78 Å². The lowest BCUT2D eigenvalue weighted by molar-refractivity contribution is 0.0894. The number of ketones is 1. The molecule has 14 heavy (non-hydrogen) atoms. The van der Waals surface area contributed by atoms with E-state index in [1.165, 1.54) is 19.3 Å². The van der Waals surface area contributed by atoms with Gasteiger partial charge in [0.05, 0.1) is 8.66 Å². The molecule has 0 N–H and O–H groups in total. The lowest BCUT2D eigenvalue weighted by Gasteiger charge is -2.19. The molecule has 1 aliphatic rings. The minimum Gasteiger partial charge on any atom is -0.293 e. The molecule has 1 fully saturated rings. The second-order valence-corrected chi connectivity index (χ2v) is 6.27. The minimum absolute atomic E-state index is 0.300. The lowest BCUT2D eigenvalue weighted by Crippen LogP contribution is -2.16. The minimum atomic E-state index is 0.300. The third kappa shape index (κ3) is 2.26. The molecular formula is C11H13BrOS. The highest BCUT2D eigenvalue weighted by Crippen LogP contribution is 2.30. The van der Waals surface area contributed by atoms with E-state index in [0.29, 0.717) is 11.7 Å². The summed E-state index contributed by atoms with van der Waals surface area (Å²) in [5, 5.41) is 0. The zero-order valence-electron chi connectivity index (χ0n) is 7.96. The third-order valence-electron chi connectivity index (χ3n) is 2.79. The SMILES string of the molecule is O=C(c1ccc(Br)s1)C1CCCCC1. The van der Waals surface area contributed by atoms with Crippen molar-refractivity contribution in [3.05, 3.63) is 20.8 Å². The molecule has 0 amide bonds. The van der Waals surface area contributed by atoms with Gasteiger partial charge in [-0.15, -0.1) is 11.3 Å². The van der Waals surface area contributed by atoms with Crippen LogP contribution in [0, 0.1) is 5.92 Å². The van der Waals surface area contributed by atoms with E-state index < -0.39 is 0 Å². The molecule has 1 aliphatic carbocycles. The van der Waals surface area contributed by atoms with Crippen LogP contribution in [0.25, 0.3) is 0 Å². The molecule has 2 rings (SSSR count). The Bertz CT molecular complexity index is 326. The number of carbonyl (C=O) groups excluding carboxylic acids is 1. The lowest BCUT2D eigenvalue weighted by atomic mass is 9.86. The number of hydrogen-bond acceptors (Lipinski definition) is 2. The van der Waals surface area contributed by atoms with Gasteiger partial charge >= 0.3 is 0 Å². The molecule has 0 saturated heterocycles. The highest BCUT2D eigenvalue weighted by Gasteiger charge is 2.23. The Morgan fingerprint density at radius 2 is 2.00 bits per heavy atom. The summed E-state index contributed by atoms with van der Waals surface area (Å²) in [6.45, 7) is 0. The van der Waals surface area contributed by atoms with E-state index in [9.17, 15) is 4.79 Å². The molecule has 1 saturated carbocycles. The Kier molecular flexibility index (Phi) is 3.39. The van der Waals surface area contributed by atoms with Crippen molar-refractivity contribution < 1.29 is 4.79 Å². The number of rotatable bonds is 2. The number of hydrogen-bond donors (Lipinski definition) is 0. The molecule has 0 aliphatic heterocycles. The molecular weight excluding hydrogens is 260 g/mol. The largest absolute Gasteiger partial charge is 0.293 e. The highest BCUT2D eigenvalue weighted by atomic mass is 79.9. The zero-order chi connectivity index (χ0) is 9.97. The number of carbonyl (C=O) groups is 1. The first kappa shape index (κ1) is 10.4. The molecule has 76 valence electrons. The van der Waals surface area contributed by atoms with E-state index in [1.807, 2.05) is 12.1 Å². The van der Waals surface area contributed by atoms with Crippen molar-refractivity contribution in [2.45, 2.75) is 32.1 Å². The van der Waals surface area contributed by atoms with Gasteiger partial charge in [0.2, 0.25) is 0 Å². The first-order valence-corrected chi connectivity index (χ1v) is 6.68. The number of thiophene rings is 1. The average Bonchev–Trinajstić information content (AvgIpc) is 2.65. The molecule has 0 aromatic carbocycles. The predicted octanol–water partition coefficient (Wildman–Crippen LogP) is 4.27. The van der Waals surface area contributed by atoms with Crippen LogP contribution in [-0.4, -0.2) is 5.78 Å². The molecule has 1 heterocycles. The summed E-state index contributed by atoms with van der Waals surface area (Å²) in [6.07, 6.45) is 5.94. The number of Topliss-reactive ketones (excluding diaryl/α,β-unsaturated/α-hetero) is 1. The van der Waals surface area contributed by atoms with E-state index in [-0.39, 0.29) is 0 Å². The first-order chi connectivity index (χ1) is 6.77. The van der Waals surface area contributed by atoms with E-state index in [0.717, 1.165) is 21.5 Å². The Labute approximate surface area is 96.6 Å². The van der Waals surface area contributed by atoms with E-state index >= 15 is 0 Å². The Morgan fingerprint density at radius 1 is 1.29 bits per heavy atom. The standard InChI is InChI=1S/C11H13BrOS/c12-10-7-6-9(14-10)11(13)8-4-2-1-3-5-8/h6-8H,1-5H2. The Hall–Kier alpha value is -0.150. The normalized spacial score (nSPS) is 18.4.